The normalized spacial score (nSPS) is 17.4. The van der Waals surface area contributed by atoms with Gasteiger partial charge in [-0.15, -0.1) is 12.4 Å². The van der Waals surface area contributed by atoms with Gasteiger partial charge in [-0.1, -0.05) is 19.9 Å². The van der Waals surface area contributed by atoms with Gasteiger partial charge in [0.2, 0.25) is 5.91 Å². The van der Waals surface area contributed by atoms with Crippen LogP contribution in [0.5, 0.6) is 0 Å². The Morgan fingerprint density at radius 1 is 1.35 bits per heavy atom. The van der Waals surface area contributed by atoms with Crippen molar-refractivity contribution in [3.63, 3.8) is 0 Å². The molecule has 1 aromatic rings. The molecule has 112 valence electrons. The number of benzene rings is 1. The average Bonchev–Trinajstić information content (AvgIpc) is 2.43. The summed E-state index contributed by atoms with van der Waals surface area (Å²) in [5.74, 6) is -0.328. The quantitative estimate of drug-likeness (QED) is 0.908. The number of hydrogen-bond donors (Lipinski definition) is 1. The van der Waals surface area contributed by atoms with Crippen LogP contribution in [0.4, 0.5) is 0 Å². The number of aryl methyl sites for hydroxylation is 1. The highest BCUT2D eigenvalue weighted by Gasteiger charge is 2.23. The Labute approximate surface area is 127 Å². The van der Waals surface area contributed by atoms with E-state index in [-0.39, 0.29) is 18.3 Å². The molecule has 0 fully saturated rings. The van der Waals surface area contributed by atoms with Gasteiger partial charge >= 0.3 is 0 Å². The van der Waals surface area contributed by atoms with Gasteiger partial charge in [-0.2, -0.15) is 0 Å². The third-order valence-electron chi connectivity index (χ3n) is 4.13. The van der Waals surface area contributed by atoms with E-state index in [4.69, 9.17) is 5.73 Å². The molecule has 20 heavy (non-hydrogen) atoms. The maximum atomic E-state index is 11.3. The number of nitrogens with two attached hydrogens (primary N) is 1. The molecule has 1 amide bonds. The van der Waals surface area contributed by atoms with Crippen LogP contribution in [0.15, 0.2) is 18.2 Å². The van der Waals surface area contributed by atoms with Gasteiger partial charge in [-0.3, -0.25) is 4.79 Å². The predicted molar refractivity (Wildman–Crippen MR) is 85.6 cm³/mol. The van der Waals surface area contributed by atoms with Crippen molar-refractivity contribution in [2.45, 2.75) is 45.6 Å². The highest BCUT2D eigenvalue weighted by Crippen LogP contribution is 2.25. The van der Waals surface area contributed by atoms with Crippen LogP contribution >= 0.6 is 12.4 Å². The molecule has 0 saturated carbocycles. The third-order valence-corrected chi connectivity index (χ3v) is 4.13. The monoisotopic (exact) mass is 296 g/mol. The van der Waals surface area contributed by atoms with Crippen LogP contribution in [0.2, 0.25) is 0 Å². The number of hydrogen-bond acceptors (Lipinski definition) is 2. The van der Waals surface area contributed by atoms with E-state index in [0.717, 1.165) is 25.9 Å². The van der Waals surface area contributed by atoms with E-state index in [1.165, 1.54) is 24.0 Å². The molecule has 1 unspecified atom stereocenters. The number of rotatable bonds is 5. The average molecular weight is 297 g/mol. The van der Waals surface area contributed by atoms with Crippen molar-refractivity contribution in [3.8, 4) is 0 Å². The van der Waals surface area contributed by atoms with Gasteiger partial charge in [0.25, 0.3) is 0 Å². The van der Waals surface area contributed by atoms with Gasteiger partial charge in [0.1, 0.15) is 0 Å². The van der Waals surface area contributed by atoms with Crippen molar-refractivity contribution >= 4 is 18.3 Å². The first-order valence-corrected chi connectivity index (χ1v) is 7.31. The molecule has 0 aliphatic heterocycles. The predicted octanol–water partition coefficient (Wildman–Crippen LogP) is 2.80. The van der Waals surface area contributed by atoms with Crippen LogP contribution in [0.3, 0.4) is 0 Å². The summed E-state index contributed by atoms with van der Waals surface area (Å²) < 4.78 is 0. The van der Waals surface area contributed by atoms with Crippen molar-refractivity contribution in [2.24, 2.45) is 5.73 Å². The summed E-state index contributed by atoms with van der Waals surface area (Å²) >= 11 is 0. The standard InChI is InChI=1S/C16H24N2O.ClH/c1-3-9-18(4-2)15-8-7-12-5-6-13(16(17)19)10-14(12)11-15;/h5-6,10,15H,3-4,7-9,11H2,1-2H3,(H2,17,19);1H. The molecule has 2 N–H and O–H groups in total. The van der Waals surface area contributed by atoms with E-state index in [1.54, 1.807) is 0 Å². The summed E-state index contributed by atoms with van der Waals surface area (Å²) in [6, 6.07) is 6.52. The van der Waals surface area contributed by atoms with E-state index >= 15 is 0 Å². The summed E-state index contributed by atoms with van der Waals surface area (Å²) in [6.07, 6.45) is 4.57. The molecule has 0 spiro atoms. The second kappa shape index (κ2) is 7.65. The minimum Gasteiger partial charge on any atom is -0.366 e. The second-order valence-electron chi connectivity index (χ2n) is 5.37. The van der Waals surface area contributed by atoms with Crippen molar-refractivity contribution in [3.05, 3.63) is 34.9 Å². The van der Waals surface area contributed by atoms with Crippen LogP contribution in [0.1, 0.15) is 48.2 Å². The zero-order valence-electron chi connectivity index (χ0n) is 12.4. The second-order valence-corrected chi connectivity index (χ2v) is 5.37. The molecule has 3 nitrogen and oxygen atoms in total. The lowest BCUT2D eigenvalue weighted by Crippen LogP contribution is -2.39. The lowest BCUT2D eigenvalue weighted by atomic mass is 9.86. The molecule has 0 heterocycles. The highest BCUT2D eigenvalue weighted by molar-refractivity contribution is 5.93. The zero-order chi connectivity index (χ0) is 13.8. The van der Waals surface area contributed by atoms with Crippen LogP contribution in [0, 0.1) is 0 Å². The van der Waals surface area contributed by atoms with Gasteiger partial charge in [0.15, 0.2) is 0 Å². The first-order valence-electron chi connectivity index (χ1n) is 7.31. The molecule has 2 rings (SSSR count). The van der Waals surface area contributed by atoms with Crippen molar-refractivity contribution in [1.82, 2.24) is 4.90 Å². The van der Waals surface area contributed by atoms with Crippen LogP contribution < -0.4 is 5.73 Å². The largest absolute Gasteiger partial charge is 0.366 e. The lowest BCUT2D eigenvalue weighted by Gasteiger charge is -2.34. The first kappa shape index (κ1) is 17.0. The molecule has 0 aromatic heterocycles. The van der Waals surface area contributed by atoms with Gasteiger partial charge in [-0.25, -0.2) is 0 Å². The number of likely N-dealkylation sites (N-methyl/N-ethyl adjacent to an activating group) is 1. The molecule has 1 atom stereocenters. The molecule has 0 bridgehead atoms. The Morgan fingerprint density at radius 3 is 2.70 bits per heavy atom. The molecule has 1 aliphatic carbocycles. The van der Waals surface area contributed by atoms with Gasteiger partial charge < -0.3 is 10.6 Å². The molecular formula is C16H25ClN2O. The number of carbonyl (C=O) groups is 1. The molecular weight excluding hydrogens is 272 g/mol. The topological polar surface area (TPSA) is 46.3 Å². The lowest BCUT2D eigenvalue weighted by molar-refractivity contribution is 0.1000. The maximum Gasteiger partial charge on any atom is 0.248 e. The molecule has 4 heteroatoms. The number of amides is 1. The first-order chi connectivity index (χ1) is 9.15. The molecule has 1 aromatic carbocycles. The number of primary amides is 1. The number of carbonyl (C=O) groups excluding carboxylic acids is 1. The smallest absolute Gasteiger partial charge is 0.248 e. The van der Waals surface area contributed by atoms with Crippen LogP contribution in [-0.2, 0) is 12.8 Å². The van der Waals surface area contributed by atoms with E-state index in [2.05, 4.69) is 24.8 Å². The summed E-state index contributed by atoms with van der Waals surface area (Å²) in [6.45, 7) is 6.71. The zero-order valence-corrected chi connectivity index (χ0v) is 13.2. The van der Waals surface area contributed by atoms with Crippen molar-refractivity contribution in [1.29, 1.82) is 0 Å². The summed E-state index contributed by atoms with van der Waals surface area (Å²) in [7, 11) is 0. The van der Waals surface area contributed by atoms with Gasteiger partial charge in [0.05, 0.1) is 0 Å². The maximum absolute atomic E-state index is 11.3. The van der Waals surface area contributed by atoms with Crippen LogP contribution in [0.25, 0.3) is 0 Å². The Kier molecular flexibility index (Phi) is 6.50. The summed E-state index contributed by atoms with van der Waals surface area (Å²) in [5, 5.41) is 0. The molecule has 0 saturated heterocycles. The Bertz CT molecular complexity index is 462. The van der Waals surface area contributed by atoms with Gasteiger partial charge in [0, 0.05) is 11.6 Å². The Morgan fingerprint density at radius 2 is 2.10 bits per heavy atom. The van der Waals surface area contributed by atoms with E-state index in [1.807, 2.05) is 12.1 Å². The Hall–Kier alpha value is -1.06. The fourth-order valence-corrected chi connectivity index (χ4v) is 3.09. The van der Waals surface area contributed by atoms with E-state index in [0.29, 0.717) is 11.6 Å². The summed E-state index contributed by atoms with van der Waals surface area (Å²) in [4.78, 5) is 13.8. The summed E-state index contributed by atoms with van der Waals surface area (Å²) in [5.41, 5.74) is 8.69. The fraction of sp³-hybridized carbons (Fsp3) is 0.562. The Balaban J connectivity index is 0.00000200. The number of nitrogens with zero attached hydrogens (tertiary/aromatic N) is 1. The fourth-order valence-electron chi connectivity index (χ4n) is 3.09. The minimum absolute atomic E-state index is 0. The van der Waals surface area contributed by atoms with E-state index in [9.17, 15) is 4.79 Å². The van der Waals surface area contributed by atoms with Crippen molar-refractivity contribution in [2.75, 3.05) is 13.1 Å². The van der Waals surface area contributed by atoms with E-state index < -0.39 is 0 Å². The van der Waals surface area contributed by atoms with Crippen molar-refractivity contribution < 1.29 is 4.79 Å². The highest BCUT2D eigenvalue weighted by atomic mass is 35.5. The molecule has 0 radical (unpaired) electrons. The van der Waals surface area contributed by atoms with Crippen LogP contribution in [-0.4, -0.2) is 29.9 Å². The number of fused-ring (bicyclic) bond motifs is 1. The SMILES string of the molecule is CCCN(CC)C1CCc2ccc(C(N)=O)cc2C1.Cl. The van der Waals surface area contributed by atoms with Gasteiger partial charge in [-0.05, 0) is 62.0 Å². The molecule has 1 aliphatic rings. The third kappa shape index (κ3) is 3.74. The number of halogens is 1. The minimum atomic E-state index is -0.328.